The molecule has 2 rings (SSSR count). The van der Waals surface area contributed by atoms with Crippen molar-refractivity contribution in [1.29, 1.82) is 0 Å². The van der Waals surface area contributed by atoms with Gasteiger partial charge in [0.25, 0.3) is 5.91 Å². The van der Waals surface area contributed by atoms with Crippen molar-refractivity contribution in [3.8, 4) is 5.75 Å². The Morgan fingerprint density at radius 2 is 2.13 bits per heavy atom. The normalized spacial score (nSPS) is 10.2. The van der Waals surface area contributed by atoms with Crippen LogP contribution in [-0.2, 0) is 0 Å². The fourth-order valence-corrected chi connectivity index (χ4v) is 1.85. The fraction of sp³-hybridized carbons (Fsp3) is 0.235. The Bertz CT molecular complexity index is 686. The van der Waals surface area contributed by atoms with Crippen molar-refractivity contribution in [3.05, 3.63) is 54.9 Å². The number of carbonyl (C=O) groups excluding carboxylic acids is 1. The monoisotopic (exact) mass is 312 g/mol. The molecule has 0 unspecified atom stereocenters. The average Bonchev–Trinajstić information content (AvgIpc) is 2.54. The Hall–Kier alpha value is -2.89. The van der Waals surface area contributed by atoms with E-state index in [2.05, 4.69) is 27.2 Å². The predicted octanol–water partition coefficient (Wildman–Crippen LogP) is 3.11. The van der Waals surface area contributed by atoms with Crippen LogP contribution in [0.3, 0.4) is 0 Å². The lowest BCUT2D eigenvalue weighted by Gasteiger charge is -2.14. The second-order valence-electron chi connectivity index (χ2n) is 5.05. The second kappa shape index (κ2) is 7.93. The molecule has 1 aromatic carbocycles. The number of anilines is 2. The Labute approximate surface area is 135 Å². The summed E-state index contributed by atoms with van der Waals surface area (Å²) in [5.74, 6) is 0.674. The van der Waals surface area contributed by atoms with E-state index in [-0.39, 0.29) is 17.7 Å². The van der Waals surface area contributed by atoms with E-state index in [0.29, 0.717) is 23.9 Å². The highest BCUT2D eigenvalue weighted by atomic mass is 16.5. The number of para-hydroxylation sites is 2. The summed E-state index contributed by atoms with van der Waals surface area (Å²) in [6.45, 7) is 8.00. The zero-order valence-corrected chi connectivity index (χ0v) is 13.2. The fourth-order valence-electron chi connectivity index (χ4n) is 1.85. The lowest BCUT2D eigenvalue weighted by molar-refractivity contribution is 0.102. The van der Waals surface area contributed by atoms with E-state index in [1.807, 2.05) is 32.0 Å². The van der Waals surface area contributed by atoms with Gasteiger partial charge in [-0.3, -0.25) is 4.79 Å². The SMILES string of the molecule is C=CCNc1nccc(C(=O)Nc2ccccc2OC(C)C)n1. The molecule has 0 aliphatic rings. The molecule has 23 heavy (non-hydrogen) atoms. The van der Waals surface area contributed by atoms with Gasteiger partial charge in [0.1, 0.15) is 11.4 Å². The van der Waals surface area contributed by atoms with Crippen molar-refractivity contribution in [2.24, 2.45) is 0 Å². The first-order valence-corrected chi connectivity index (χ1v) is 7.35. The molecule has 120 valence electrons. The first-order chi connectivity index (χ1) is 11.1. The molecule has 0 atom stereocenters. The van der Waals surface area contributed by atoms with Crippen LogP contribution in [0.2, 0.25) is 0 Å². The van der Waals surface area contributed by atoms with Gasteiger partial charge in [0.15, 0.2) is 0 Å². The molecule has 6 heteroatoms. The second-order valence-corrected chi connectivity index (χ2v) is 5.05. The maximum atomic E-state index is 12.4. The number of hydrogen-bond donors (Lipinski definition) is 2. The Morgan fingerprint density at radius 1 is 1.35 bits per heavy atom. The van der Waals surface area contributed by atoms with Crippen LogP contribution in [0.4, 0.5) is 11.6 Å². The quantitative estimate of drug-likeness (QED) is 0.768. The molecule has 0 bridgehead atoms. The van der Waals surface area contributed by atoms with Gasteiger partial charge in [-0.15, -0.1) is 6.58 Å². The van der Waals surface area contributed by atoms with Crippen LogP contribution >= 0.6 is 0 Å². The number of amides is 1. The number of nitrogens with zero attached hydrogens (tertiary/aromatic N) is 2. The summed E-state index contributed by atoms with van der Waals surface area (Å²) in [5.41, 5.74) is 0.872. The highest BCUT2D eigenvalue weighted by Gasteiger charge is 2.12. The molecule has 2 N–H and O–H groups in total. The summed E-state index contributed by atoms with van der Waals surface area (Å²) in [4.78, 5) is 20.6. The van der Waals surface area contributed by atoms with Crippen LogP contribution in [0.1, 0.15) is 24.3 Å². The minimum atomic E-state index is -0.325. The number of nitrogens with one attached hydrogen (secondary N) is 2. The van der Waals surface area contributed by atoms with Gasteiger partial charge in [-0.2, -0.15) is 0 Å². The third-order valence-corrected chi connectivity index (χ3v) is 2.79. The summed E-state index contributed by atoms with van der Waals surface area (Å²) >= 11 is 0. The number of ether oxygens (including phenoxy) is 1. The third-order valence-electron chi connectivity index (χ3n) is 2.79. The lowest BCUT2D eigenvalue weighted by atomic mass is 10.2. The van der Waals surface area contributed by atoms with Gasteiger partial charge in [0.05, 0.1) is 11.8 Å². The molecule has 2 aromatic rings. The largest absolute Gasteiger partial charge is 0.489 e. The van der Waals surface area contributed by atoms with Crippen LogP contribution in [0.25, 0.3) is 0 Å². The molecular weight excluding hydrogens is 292 g/mol. The molecule has 0 fully saturated rings. The summed E-state index contributed by atoms with van der Waals surface area (Å²) < 4.78 is 5.69. The minimum absolute atomic E-state index is 0.0156. The van der Waals surface area contributed by atoms with E-state index < -0.39 is 0 Å². The van der Waals surface area contributed by atoms with Crippen molar-refractivity contribution < 1.29 is 9.53 Å². The predicted molar refractivity (Wildman–Crippen MR) is 90.9 cm³/mol. The van der Waals surface area contributed by atoms with Gasteiger partial charge in [0, 0.05) is 12.7 Å². The number of carbonyl (C=O) groups is 1. The van der Waals surface area contributed by atoms with Crippen LogP contribution in [-0.4, -0.2) is 28.5 Å². The Morgan fingerprint density at radius 3 is 2.87 bits per heavy atom. The Kier molecular flexibility index (Phi) is 5.68. The van der Waals surface area contributed by atoms with E-state index in [4.69, 9.17) is 4.74 Å². The van der Waals surface area contributed by atoms with Gasteiger partial charge >= 0.3 is 0 Å². The van der Waals surface area contributed by atoms with Crippen molar-refractivity contribution in [2.75, 3.05) is 17.2 Å². The molecule has 0 radical (unpaired) electrons. The van der Waals surface area contributed by atoms with E-state index in [1.54, 1.807) is 18.2 Å². The van der Waals surface area contributed by atoms with Crippen molar-refractivity contribution in [3.63, 3.8) is 0 Å². The van der Waals surface area contributed by atoms with Gasteiger partial charge in [-0.25, -0.2) is 9.97 Å². The van der Waals surface area contributed by atoms with Crippen LogP contribution in [0.15, 0.2) is 49.2 Å². The number of aromatic nitrogens is 2. The Balaban J connectivity index is 2.14. The van der Waals surface area contributed by atoms with Crippen molar-refractivity contribution in [1.82, 2.24) is 9.97 Å². The standard InChI is InChI=1S/C17H20N4O2/c1-4-10-18-17-19-11-9-14(21-17)16(22)20-13-7-5-6-8-15(13)23-12(2)3/h4-9,11-12H,1,10H2,2-3H3,(H,20,22)(H,18,19,21). The lowest BCUT2D eigenvalue weighted by Crippen LogP contribution is -2.17. The van der Waals surface area contributed by atoms with E-state index >= 15 is 0 Å². The molecule has 0 saturated carbocycles. The summed E-state index contributed by atoms with van der Waals surface area (Å²) in [7, 11) is 0. The highest BCUT2D eigenvalue weighted by molar-refractivity contribution is 6.03. The molecule has 1 aromatic heterocycles. The smallest absolute Gasteiger partial charge is 0.274 e. The molecule has 0 spiro atoms. The van der Waals surface area contributed by atoms with Crippen LogP contribution in [0.5, 0.6) is 5.75 Å². The third kappa shape index (κ3) is 4.81. The molecule has 0 aliphatic carbocycles. The molecule has 6 nitrogen and oxygen atoms in total. The van der Waals surface area contributed by atoms with Gasteiger partial charge < -0.3 is 15.4 Å². The van der Waals surface area contributed by atoms with Gasteiger partial charge in [0.2, 0.25) is 5.95 Å². The van der Waals surface area contributed by atoms with Gasteiger partial charge in [-0.1, -0.05) is 18.2 Å². The summed E-state index contributed by atoms with van der Waals surface area (Å²) in [6.07, 6.45) is 3.24. The van der Waals surface area contributed by atoms with E-state index in [9.17, 15) is 4.79 Å². The first-order valence-electron chi connectivity index (χ1n) is 7.35. The van der Waals surface area contributed by atoms with E-state index in [1.165, 1.54) is 6.20 Å². The van der Waals surface area contributed by atoms with Crippen molar-refractivity contribution in [2.45, 2.75) is 20.0 Å². The maximum absolute atomic E-state index is 12.4. The number of benzene rings is 1. The molecular formula is C17H20N4O2. The van der Waals surface area contributed by atoms with Gasteiger partial charge in [-0.05, 0) is 32.0 Å². The average molecular weight is 312 g/mol. The van der Waals surface area contributed by atoms with Crippen LogP contribution < -0.4 is 15.4 Å². The number of hydrogen-bond acceptors (Lipinski definition) is 5. The van der Waals surface area contributed by atoms with Crippen molar-refractivity contribution >= 4 is 17.5 Å². The minimum Gasteiger partial charge on any atom is -0.489 e. The zero-order chi connectivity index (χ0) is 16.7. The molecule has 0 aliphatic heterocycles. The number of rotatable bonds is 7. The summed E-state index contributed by atoms with van der Waals surface area (Å²) in [5, 5.41) is 5.76. The topological polar surface area (TPSA) is 76.1 Å². The van der Waals surface area contributed by atoms with Crippen LogP contribution in [0, 0.1) is 0 Å². The summed E-state index contributed by atoms with van der Waals surface area (Å²) in [6, 6.07) is 8.84. The molecule has 0 saturated heterocycles. The first kappa shape index (κ1) is 16.5. The highest BCUT2D eigenvalue weighted by Crippen LogP contribution is 2.25. The van der Waals surface area contributed by atoms with E-state index in [0.717, 1.165) is 0 Å². The molecule has 1 amide bonds. The maximum Gasteiger partial charge on any atom is 0.274 e. The molecule has 1 heterocycles. The zero-order valence-electron chi connectivity index (χ0n) is 13.2.